The molecular weight excluding hydrogens is 98.8 g/mol. The van der Waals surface area contributed by atoms with Crippen LogP contribution in [-0.4, -0.2) is 29.8 Å². The summed E-state index contributed by atoms with van der Waals surface area (Å²) >= 11 is 0. The highest BCUT2D eigenvalue weighted by atomic mass is 17.2. The van der Waals surface area contributed by atoms with Gasteiger partial charge in [-0.3, -0.25) is 0 Å². The highest BCUT2D eigenvalue weighted by molar-refractivity contribution is 6.43. The zero-order valence-electron chi connectivity index (χ0n) is 3.57. The summed E-state index contributed by atoms with van der Waals surface area (Å²) in [4.78, 5) is 8.37. The summed E-state index contributed by atoms with van der Waals surface area (Å²) in [7, 11) is -1.39. The van der Waals surface area contributed by atoms with Gasteiger partial charge in [0.1, 0.15) is 6.61 Å². The number of rotatable bonds is 1. The van der Waals surface area contributed by atoms with E-state index in [0.717, 1.165) is 0 Å². The number of hydrogen-bond acceptors (Lipinski definition) is 4. The van der Waals surface area contributed by atoms with Gasteiger partial charge in [0.25, 0.3) is 0 Å². The van der Waals surface area contributed by atoms with Crippen molar-refractivity contribution in [2.45, 2.75) is 6.00 Å². The normalized spacial score (nSPS) is 29.1. The fourth-order valence-electron chi connectivity index (χ4n) is 0.282. The Kier molecular flexibility index (Phi) is 1.29. The first-order valence-electron chi connectivity index (χ1n) is 1.95. The van der Waals surface area contributed by atoms with E-state index in [-0.39, 0.29) is 6.61 Å². The fraction of sp³-hybridized carbons (Fsp3) is 1.00. The molecule has 7 heavy (non-hydrogen) atoms. The summed E-state index contributed by atoms with van der Waals surface area (Å²) in [5, 5.41) is 16.4. The van der Waals surface area contributed by atoms with Gasteiger partial charge in [-0.25, -0.2) is 9.78 Å². The van der Waals surface area contributed by atoms with Gasteiger partial charge in [-0.2, -0.15) is 0 Å². The molecule has 0 aromatic carbocycles. The zero-order chi connectivity index (χ0) is 5.28. The average molecular weight is 104 g/mol. The van der Waals surface area contributed by atoms with Crippen LogP contribution >= 0.6 is 0 Å². The summed E-state index contributed by atoms with van der Waals surface area (Å²) in [5.41, 5.74) is 0. The van der Waals surface area contributed by atoms with Gasteiger partial charge in [0.15, 0.2) is 6.00 Å². The Morgan fingerprint density at radius 3 is 2.14 bits per heavy atom. The van der Waals surface area contributed by atoms with Gasteiger partial charge in [0, 0.05) is 0 Å². The van der Waals surface area contributed by atoms with Crippen molar-refractivity contribution in [2.75, 3.05) is 6.61 Å². The molecule has 0 bridgehead atoms. The fourth-order valence-corrected chi connectivity index (χ4v) is 0.282. The molecule has 1 atom stereocenters. The maximum absolute atomic E-state index is 8.22. The molecule has 0 aromatic heterocycles. The summed E-state index contributed by atoms with van der Waals surface area (Å²) in [6.07, 6.45) is 0. The van der Waals surface area contributed by atoms with E-state index in [1.807, 2.05) is 0 Å². The molecule has 1 aliphatic heterocycles. The lowest BCUT2D eigenvalue weighted by molar-refractivity contribution is -0.406. The minimum atomic E-state index is -1.39. The molecule has 1 heterocycles. The molecule has 1 aliphatic rings. The third-order valence-electron chi connectivity index (χ3n) is 0.756. The second-order valence-electron chi connectivity index (χ2n) is 1.33. The van der Waals surface area contributed by atoms with Crippen molar-refractivity contribution in [1.82, 2.24) is 0 Å². The molecular formula is C2H5BO4. The van der Waals surface area contributed by atoms with Crippen molar-refractivity contribution in [3.8, 4) is 0 Å². The molecule has 0 amide bonds. The van der Waals surface area contributed by atoms with Crippen molar-refractivity contribution < 1.29 is 19.8 Å². The van der Waals surface area contributed by atoms with E-state index in [9.17, 15) is 0 Å². The summed E-state index contributed by atoms with van der Waals surface area (Å²) < 4.78 is 0. The van der Waals surface area contributed by atoms with Crippen LogP contribution in [0.4, 0.5) is 0 Å². The van der Waals surface area contributed by atoms with Crippen LogP contribution in [-0.2, 0) is 9.78 Å². The highest BCUT2D eigenvalue weighted by Crippen LogP contribution is 2.05. The van der Waals surface area contributed by atoms with Crippen LogP contribution < -0.4 is 0 Å². The van der Waals surface area contributed by atoms with E-state index in [4.69, 9.17) is 10.0 Å². The van der Waals surface area contributed by atoms with Crippen LogP contribution in [0, 0.1) is 0 Å². The van der Waals surface area contributed by atoms with E-state index >= 15 is 0 Å². The maximum atomic E-state index is 8.22. The van der Waals surface area contributed by atoms with Crippen LogP contribution in [0.3, 0.4) is 0 Å². The first-order chi connectivity index (χ1) is 3.30. The standard InChI is InChI=1S/C2H5BO4/c4-3(5)2-1-6-7-2/h2,4-5H,1H2. The quantitative estimate of drug-likeness (QED) is 0.308. The van der Waals surface area contributed by atoms with Crippen molar-refractivity contribution >= 4 is 7.12 Å². The molecule has 0 radical (unpaired) electrons. The Labute approximate surface area is 40.7 Å². The Balaban J connectivity index is 2.14. The van der Waals surface area contributed by atoms with Gasteiger partial charge >= 0.3 is 7.12 Å². The Bertz CT molecular complexity index is 60.7. The van der Waals surface area contributed by atoms with Crippen molar-refractivity contribution in [3.63, 3.8) is 0 Å². The monoisotopic (exact) mass is 104 g/mol. The molecule has 1 saturated heterocycles. The van der Waals surface area contributed by atoms with Gasteiger partial charge in [-0.05, 0) is 0 Å². The predicted octanol–water partition coefficient (Wildman–Crippen LogP) is -1.67. The van der Waals surface area contributed by atoms with Crippen molar-refractivity contribution in [3.05, 3.63) is 0 Å². The molecule has 0 saturated carbocycles. The first kappa shape index (κ1) is 5.05. The Morgan fingerprint density at radius 2 is 2.14 bits per heavy atom. The molecule has 5 heteroatoms. The van der Waals surface area contributed by atoms with Gasteiger partial charge < -0.3 is 10.0 Å². The maximum Gasteiger partial charge on any atom is 0.488 e. The lowest BCUT2D eigenvalue weighted by atomic mass is 9.82. The molecule has 4 nitrogen and oxygen atoms in total. The molecule has 1 unspecified atom stereocenters. The molecule has 1 rings (SSSR count). The van der Waals surface area contributed by atoms with Gasteiger partial charge in [0.2, 0.25) is 0 Å². The van der Waals surface area contributed by atoms with E-state index in [1.54, 1.807) is 0 Å². The molecule has 2 N–H and O–H groups in total. The van der Waals surface area contributed by atoms with Crippen LogP contribution in [0.1, 0.15) is 0 Å². The van der Waals surface area contributed by atoms with Crippen molar-refractivity contribution in [2.24, 2.45) is 0 Å². The minimum absolute atomic E-state index is 0.275. The largest absolute Gasteiger partial charge is 0.488 e. The topological polar surface area (TPSA) is 58.9 Å². The third kappa shape index (κ3) is 0.918. The third-order valence-corrected chi connectivity index (χ3v) is 0.756. The smallest absolute Gasteiger partial charge is 0.425 e. The molecule has 40 valence electrons. The van der Waals surface area contributed by atoms with Crippen LogP contribution in [0.5, 0.6) is 0 Å². The second-order valence-corrected chi connectivity index (χ2v) is 1.33. The molecule has 0 aromatic rings. The lowest BCUT2D eigenvalue weighted by Crippen LogP contribution is -2.45. The lowest BCUT2D eigenvalue weighted by Gasteiger charge is -2.22. The molecule has 1 fully saturated rings. The van der Waals surface area contributed by atoms with Gasteiger partial charge in [-0.1, -0.05) is 0 Å². The van der Waals surface area contributed by atoms with Gasteiger partial charge in [-0.15, -0.1) is 0 Å². The van der Waals surface area contributed by atoms with E-state index < -0.39 is 13.1 Å². The summed E-state index contributed by atoms with van der Waals surface area (Å²) in [5.74, 6) is 0. The number of hydrogen-bond donors (Lipinski definition) is 2. The van der Waals surface area contributed by atoms with E-state index in [0.29, 0.717) is 0 Å². The Hall–Kier alpha value is -0.0951. The highest BCUT2D eigenvalue weighted by Gasteiger charge is 2.32. The Morgan fingerprint density at radius 1 is 1.57 bits per heavy atom. The summed E-state index contributed by atoms with van der Waals surface area (Å²) in [6.45, 7) is 0.275. The van der Waals surface area contributed by atoms with E-state index in [2.05, 4.69) is 9.78 Å². The SMILES string of the molecule is OB(O)C1COO1. The average Bonchev–Trinajstić information content (AvgIpc) is 1.23. The predicted molar refractivity (Wildman–Crippen MR) is 21.0 cm³/mol. The van der Waals surface area contributed by atoms with E-state index in [1.165, 1.54) is 0 Å². The van der Waals surface area contributed by atoms with Crippen LogP contribution in [0.2, 0.25) is 0 Å². The first-order valence-corrected chi connectivity index (χ1v) is 1.95. The molecule has 0 aliphatic carbocycles. The van der Waals surface area contributed by atoms with Crippen molar-refractivity contribution in [1.29, 1.82) is 0 Å². The second kappa shape index (κ2) is 1.79. The minimum Gasteiger partial charge on any atom is -0.425 e. The van der Waals surface area contributed by atoms with Gasteiger partial charge in [0.05, 0.1) is 0 Å². The summed E-state index contributed by atoms with van der Waals surface area (Å²) in [6, 6.07) is -0.528. The molecule has 0 spiro atoms. The van der Waals surface area contributed by atoms with Crippen LogP contribution in [0.15, 0.2) is 0 Å². The van der Waals surface area contributed by atoms with Crippen LogP contribution in [0.25, 0.3) is 0 Å². The zero-order valence-corrected chi connectivity index (χ0v) is 3.57.